The van der Waals surface area contributed by atoms with Crippen molar-refractivity contribution in [1.82, 2.24) is 10.2 Å². The first-order valence-electron chi connectivity index (χ1n) is 9.37. The average molecular weight is 403 g/mol. The van der Waals surface area contributed by atoms with Crippen LogP contribution in [0.25, 0.3) is 0 Å². The van der Waals surface area contributed by atoms with Gasteiger partial charge in [-0.1, -0.05) is 61.8 Å². The van der Waals surface area contributed by atoms with Crippen molar-refractivity contribution >= 4 is 23.4 Å². The maximum absolute atomic E-state index is 12.9. The number of nitrogens with zero attached hydrogens (tertiary/aromatic N) is 1. The van der Waals surface area contributed by atoms with E-state index < -0.39 is 6.04 Å². The molecular formula is C22H27ClN2O3. The molecule has 0 fully saturated rings. The van der Waals surface area contributed by atoms with E-state index in [1.807, 2.05) is 50.2 Å². The molecule has 150 valence electrons. The second-order valence-electron chi connectivity index (χ2n) is 7.03. The molecule has 2 rings (SSSR count). The Morgan fingerprint density at radius 1 is 1.04 bits per heavy atom. The van der Waals surface area contributed by atoms with Gasteiger partial charge < -0.3 is 15.0 Å². The van der Waals surface area contributed by atoms with E-state index >= 15 is 0 Å². The Bertz CT molecular complexity index is 780. The van der Waals surface area contributed by atoms with E-state index in [-0.39, 0.29) is 25.0 Å². The molecule has 0 heterocycles. The summed E-state index contributed by atoms with van der Waals surface area (Å²) in [5, 5.41) is 3.44. The Labute approximate surface area is 171 Å². The van der Waals surface area contributed by atoms with E-state index in [0.717, 1.165) is 5.56 Å². The third-order valence-electron chi connectivity index (χ3n) is 4.26. The lowest BCUT2D eigenvalue weighted by atomic mass is 10.1. The molecule has 2 aromatic rings. The minimum atomic E-state index is -0.651. The molecule has 0 aliphatic heterocycles. The summed E-state index contributed by atoms with van der Waals surface area (Å²) in [4.78, 5) is 27.0. The lowest BCUT2D eigenvalue weighted by Crippen LogP contribution is -2.49. The summed E-state index contributed by atoms with van der Waals surface area (Å²) < 4.78 is 5.59. The van der Waals surface area contributed by atoms with Crippen LogP contribution in [0.3, 0.4) is 0 Å². The lowest BCUT2D eigenvalue weighted by Gasteiger charge is -2.29. The SMILES string of the molecule is CC(C)CNC(=O)[C@@H](C)N(Cc1ccccc1Cl)C(=O)COc1ccccc1. The molecule has 1 atom stereocenters. The van der Waals surface area contributed by atoms with Gasteiger partial charge in [-0.3, -0.25) is 9.59 Å². The molecule has 0 aliphatic carbocycles. The van der Waals surface area contributed by atoms with Crippen LogP contribution >= 0.6 is 11.6 Å². The topological polar surface area (TPSA) is 58.6 Å². The maximum atomic E-state index is 12.9. The number of nitrogens with one attached hydrogen (secondary N) is 1. The van der Waals surface area contributed by atoms with Gasteiger partial charge in [-0.15, -0.1) is 0 Å². The Morgan fingerprint density at radius 3 is 2.32 bits per heavy atom. The van der Waals surface area contributed by atoms with Gasteiger partial charge in [0, 0.05) is 18.1 Å². The van der Waals surface area contributed by atoms with Crippen LogP contribution in [0.2, 0.25) is 5.02 Å². The van der Waals surface area contributed by atoms with Crippen molar-refractivity contribution in [2.75, 3.05) is 13.2 Å². The molecule has 2 amide bonds. The summed E-state index contributed by atoms with van der Waals surface area (Å²) in [6.07, 6.45) is 0. The number of carbonyl (C=O) groups excluding carboxylic acids is 2. The summed E-state index contributed by atoms with van der Waals surface area (Å²) in [5.74, 6) is 0.445. The molecule has 6 heteroatoms. The zero-order valence-corrected chi connectivity index (χ0v) is 17.3. The lowest BCUT2D eigenvalue weighted by molar-refractivity contribution is -0.142. The monoisotopic (exact) mass is 402 g/mol. The molecule has 0 spiro atoms. The first kappa shape index (κ1) is 21.8. The average Bonchev–Trinajstić information content (AvgIpc) is 2.69. The second kappa shape index (κ2) is 10.7. The highest BCUT2D eigenvalue weighted by Crippen LogP contribution is 2.19. The summed E-state index contributed by atoms with van der Waals surface area (Å²) in [6, 6.07) is 15.8. The number of hydrogen-bond donors (Lipinski definition) is 1. The first-order valence-corrected chi connectivity index (χ1v) is 9.74. The maximum Gasteiger partial charge on any atom is 0.261 e. The molecule has 28 heavy (non-hydrogen) atoms. The third kappa shape index (κ3) is 6.57. The van der Waals surface area contributed by atoms with Crippen LogP contribution in [-0.4, -0.2) is 35.9 Å². The zero-order valence-electron chi connectivity index (χ0n) is 16.5. The number of carbonyl (C=O) groups is 2. The van der Waals surface area contributed by atoms with Crippen LogP contribution < -0.4 is 10.1 Å². The predicted molar refractivity (Wildman–Crippen MR) is 111 cm³/mol. The fraction of sp³-hybridized carbons (Fsp3) is 0.364. The second-order valence-corrected chi connectivity index (χ2v) is 7.44. The van der Waals surface area contributed by atoms with Crippen molar-refractivity contribution in [3.05, 3.63) is 65.2 Å². The molecule has 2 aromatic carbocycles. The predicted octanol–water partition coefficient (Wildman–Crippen LogP) is 3.91. The molecule has 0 radical (unpaired) electrons. The van der Waals surface area contributed by atoms with Crippen LogP contribution in [0, 0.1) is 5.92 Å². The van der Waals surface area contributed by atoms with Gasteiger partial charge in [-0.2, -0.15) is 0 Å². The van der Waals surface area contributed by atoms with Crippen LogP contribution in [0.4, 0.5) is 0 Å². The number of para-hydroxylation sites is 1. The van der Waals surface area contributed by atoms with E-state index in [2.05, 4.69) is 5.32 Å². The van der Waals surface area contributed by atoms with Crippen LogP contribution in [-0.2, 0) is 16.1 Å². The van der Waals surface area contributed by atoms with E-state index in [1.165, 1.54) is 4.90 Å². The minimum Gasteiger partial charge on any atom is -0.484 e. The molecule has 0 saturated heterocycles. The van der Waals surface area contributed by atoms with E-state index in [4.69, 9.17) is 16.3 Å². The molecule has 0 aliphatic rings. The van der Waals surface area contributed by atoms with Crippen LogP contribution in [0.15, 0.2) is 54.6 Å². The van der Waals surface area contributed by atoms with Gasteiger partial charge in [0.1, 0.15) is 11.8 Å². The highest BCUT2D eigenvalue weighted by molar-refractivity contribution is 6.31. The molecule has 0 saturated carbocycles. The zero-order chi connectivity index (χ0) is 20.5. The Hall–Kier alpha value is -2.53. The first-order chi connectivity index (χ1) is 13.4. The summed E-state index contributed by atoms with van der Waals surface area (Å²) >= 11 is 6.26. The Balaban J connectivity index is 2.13. The van der Waals surface area contributed by atoms with Gasteiger partial charge in [0.05, 0.1) is 0 Å². The van der Waals surface area contributed by atoms with E-state index in [1.54, 1.807) is 25.1 Å². The number of benzene rings is 2. The molecule has 0 aromatic heterocycles. The van der Waals surface area contributed by atoms with Gasteiger partial charge in [0.15, 0.2) is 6.61 Å². The molecule has 0 unspecified atom stereocenters. The van der Waals surface area contributed by atoms with Gasteiger partial charge in [-0.25, -0.2) is 0 Å². The Morgan fingerprint density at radius 2 is 1.68 bits per heavy atom. The van der Waals surface area contributed by atoms with Gasteiger partial charge >= 0.3 is 0 Å². The van der Waals surface area contributed by atoms with Crippen molar-refractivity contribution in [2.45, 2.75) is 33.4 Å². The standard InChI is InChI=1S/C22H27ClN2O3/c1-16(2)13-24-22(27)17(3)25(14-18-9-7-8-12-20(18)23)21(26)15-28-19-10-5-4-6-11-19/h4-12,16-17H,13-15H2,1-3H3,(H,24,27)/t17-/m1/s1. The van der Waals surface area contributed by atoms with Crippen molar-refractivity contribution in [3.8, 4) is 5.75 Å². The van der Waals surface area contributed by atoms with Crippen LogP contribution in [0.5, 0.6) is 5.75 Å². The van der Waals surface area contributed by atoms with Crippen molar-refractivity contribution in [2.24, 2.45) is 5.92 Å². The fourth-order valence-corrected chi connectivity index (χ4v) is 2.79. The third-order valence-corrected chi connectivity index (χ3v) is 4.62. The molecule has 1 N–H and O–H groups in total. The van der Waals surface area contributed by atoms with Crippen molar-refractivity contribution < 1.29 is 14.3 Å². The van der Waals surface area contributed by atoms with E-state index in [9.17, 15) is 9.59 Å². The number of rotatable bonds is 9. The molecule has 0 bridgehead atoms. The number of ether oxygens (including phenoxy) is 1. The quantitative estimate of drug-likeness (QED) is 0.691. The fourth-order valence-electron chi connectivity index (χ4n) is 2.59. The highest BCUT2D eigenvalue weighted by Gasteiger charge is 2.27. The van der Waals surface area contributed by atoms with E-state index in [0.29, 0.717) is 23.2 Å². The van der Waals surface area contributed by atoms with Gasteiger partial charge in [0.2, 0.25) is 5.91 Å². The van der Waals surface area contributed by atoms with Gasteiger partial charge in [0.25, 0.3) is 5.91 Å². The molecular weight excluding hydrogens is 376 g/mol. The largest absolute Gasteiger partial charge is 0.484 e. The van der Waals surface area contributed by atoms with Gasteiger partial charge in [-0.05, 0) is 36.6 Å². The number of amides is 2. The molecule has 5 nitrogen and oxygen atoms in total. The van der Waals surface area contributed by atoms with Crippen molar-refractivity contribution in [3.63, 3.8) is 0 Å². The number of halogens is 1. The van der Waals surface area contributed by atoms with Crippen molar-refractivity contribution in [1.29, 1.82) is 0 Å². The number of hydrogen-bond acceptors (Lipinski definition) is 3. The minimum absolute atomic E-state index is 0.156. The summed E-state index contributed by atoms with van der Waals surface area (Å²) in [7, 11) is 0. The smallest absolute Gasteiger partial charge is 0.261 e. The van der Waals surface area contributed by atoms with Crippen LogP contribution in [0.1, 0.15) is 26.3 Å². The Kier molecular flexibility index (Phi) is 8.33. The highest BCUT2D eigenvalue weighted by atomic mass is 35.5. The normalized spacial score (nSPS) is 11.8. The summed E-state index contributed by atoms with van der Waals surface area (Å²) in [5.41, 5.74) is 0.778. The summed E-state index contributed by atoms with van der Waals surface area (Å²) in [6.45, 7) is 6.38.